The second-order valence-electron chi connectivity index (χ2n) is 5.53. The number of rotatable bonds is 5. The number of benzene rings is 1. The van der Waals surface area contributed by atoms with E-state index in [0.29, 0.717) is 16.4 Å². The highest BCUT2D eigenvalue weighted by molar-refractivity contribution is 9.10. The summed E-state index contributed by atoms with van der Waals surface area (Å²) in [6.45, 7) is 7.30. The molecule has 0 aliphatic heterocycles. The fourth-order valence-corrected chi connectivity index (χ4v) is 2.49. The lowest BCUT2D eigenvalue weighted by Gasteiger charge is -2.31. The van der Waals surface area contributed by atoms with E-state index < -0.39 is 0 Å². The largest absolute Gasteiger partial charge is 0.309 e. The number of alkyl halides is 1. The van der Waals surface area contributed by atoms with Gasteiger partial charge in [0.1, 0.15) is 5.82 Å². The molecule has 4 heteroatoms. The molecule has 102 valence electrons. The zero-order valence-corrected chi connectivity index (χ0v) is 13.4. The van der Waals surface area contributed by atoms with Crippen LogP contribution < -0.4 is 5.32 Å². The normalized spacial score (nSPS) is 13.7. The van der Waals surface area contributed by atoms with Gasteiger partial charge in [-0.25, -0.2) is 4.39 Å². The Morgan fingerprint density at radius 1 is 1.39 bits per heavy atom. The fourth-order valence-electron chi connectivity index (χ4n) is 1.84. The predicted octanol–water partition coefficient (Wildman–Crippen LogP) is 4.72. The van der Waals surface area contributed by atoms with Gasteiger partial charge in [0.25, 0.3) is 0 Å². The van der Waals surface area contributed by atoms with Gasteiger partial charge in [-0.1, -0.05) is 26.8 Å². The molecule has 1 aromatic carbocycles. The van der Waals surface area contributed by atoms with Gasteiger partial charge in [-0.05, 0) is 45.5 Å². The van der Waals surface area contributed by atoms with E-state index in [1.807, 2.05) is 6.07 Å². The van der Waals surface area contributed by atoms with Crippen molar-refractivity contribution >= 4 is 27.5 Å². The first-order chi connectivity index (χ1) is 8.34. The first kappa shape index (κ1) is 15.9. The average molecular weight is 337 g/mol. The van der Waals surface area contributed by atoms with E-state index in [1.54, 1.807) is 6.07 Å². The minimum absolute atomic E-state index is 0.159. The van der Waals surface area contributed by atoms with E-state index in [2.05, 4.69) is 42.0 Å². The van der Waals surface area contributed by atoms with Gasteiger partial charge in [-0.15, -0.1) is 11.6 Å². The average Bonchev–Trinajstić information content (AvgIpc) is 2.27. The van der Waals surface area contributed by atoms with Gasteiger partial charge in [0.05, 0.1) is 4.47 Å². The monoisotopic (exact) mass is 335 g/mol. The molecule has 0 aromatic heterocycles. The topological polar surface area (TPSA) is 12.0 Å². The third kappa shape index (κ3) is 4.87. The summed E-state index contributed by atoms with van der Waals surface area (Å²) >= 11 is 9.03. The summed E-state index contributed by atoms with van der Waals surface area (Å²) in [6, 6.07) is 5.43. The maximum absolute atomic E-state index is 13.1. The Kier molecular flexibility index (Phi) is 6.09. The molecular formula is C14H20BrClFN. The molecule has 0 spiro atoms. The third-order valence-electron chi connectivity index (χ3n) is 2.98. The van der Waals surface area contributed by atoms with Crippen LogP contribution in [0.15, 0.2) is 22.7 Å². The zero-order chi connectivity index (χ0) is 13.8. The van der Waals surface area contributed by atoms with Crippen LogP contribution >= 0.6 is 27.5 Å². The second kappa shape index (κ2) is 6.88. The summed E-state index contributed by atoms with van der Waals surface area (Å²) in [5.74, 6) is 0.411. The quantitative estimate of drug-likeness (QED) is 0.767. The molecule has 1 rings (SSSR count). The third-order valence-corrected chi connectivity index (χ3v) is 3.81. The molecule has 0 saturated heterocycles. The van der Waals surface area contributed by atoms with Crippen molar-refractivity contribution in [3.63, 3.8) is 0 Å². The molecule has 0 bridgehead atoms. The van der Waals surface area contributed by atoms with Gasteiger partial charge in [0.2, 0.25) is 0 Å². The molecule has 0 radical (unpaired) electrons. The molecule has 0 amide bonds. The SMILES string of the molecule is CC(C)(C)C(CCCl)NCc1ccc(F)c(Br)c1. The van der Waals surface area contributed by atoms with E-state index in [-0.39, 0.29) is 11.2 Å². The molecule has 18 heavy (non-hydrogen) atoms. The van der Waals surface area contributed by atoms with E-state index in [1.165, 1.54) is 6.07 Å². The predicted molar refractivity (Wildman–Crippen MR) is 79.5 cm³/mol. The number of nitrogens with one attached hydrogen (secondary N) is 1. The highest BCUT2D eigenvalue weighted by Crippen LogP contribution is 2.23. The molecule has 1 atom stereocenters. The summed E-state index contributed by atoms with van der Waals surface area (Å²) < 4.78 is 13.6. The number of hydrogen-bond acceptors (Lipinski definition) is 1. The Hall–Kier alpha value is -0.120. The molecule has 0 aliphatic carbocycles. The molecule has 1 unspecified atom stereocenters. The van der Waals surface area contributed by atoms with Crippen molar-refractivity contribution in [2.75, 3.05) is 5.88 Å². The summed E-state index contributed by atoms with van der Waals surface area (Å²) in [5.41, 5.74) is 1.22. The van der Waals surface area contributed by atoms with Gasteiger partial charge in [-0.3, -0.25) is 0 Å². The van der Waals surface area contributed by atoms with E-state index in [4.69, 9.17) is 11.6 Å². The van der Waals surface area contributed by atoms with Crippen LogP contribution in [0.5, 0.6) is 0 Å². The summed E-state index contributed by atoms with van der Waals surface area (Å²) in [7, 11) is 0. The number of hydrogen-bond donors (Lipinski definition) is 1. The molecule has 1 nitrogen and oxygen atoms in total. The number of halogens is 3. The van der Waals surface area contributed by atoms with Crippen molar-refractivity contribution in [1.82, 2.24) is 5.32 Å². The minimum Gasteiger partial charge on any atom is -0.309 e. The molecule has 0 heterocycles. The maximum atomic E-state index is 13.1. The highest BCUT2D eigenvalue weighted by Gasteiger charge is 2.23. The van der Waals surface area contributed by atoms with E-state index in [0.717, 1.165) is 18.5 Å². The lowest BCUT2D eigenvalue weighted by molar-refractivity contribution is 0.260. The van der Waals surface area contributed by atoms with Crippen molar-refractivity contribution in [3.05, 3.63) is 34.1 Å². The minimum atomic E-state index is -0.230. The Bertz CT molecular complexity index is 390. The summed E-state index contributed by atoms with van der Waals surface area (Å²) in [4.78, 5) is 0. The van der Waals surface area contributed by atoms with Gasteiger partial charge >= 0.3 is 0 Å². The summed E-state index contributed by atoms with van der Waals surface area (Å²) in [6.07, 6.45) is 0.924. The fraction of sp³-hybridized carbons (Fsp3) is 0.571. The Morgan fingerprint density at radius 2 is 2.06 bits per heavy atom. The maximum Gasteiger partial charge on any atom is 0.137 e. The van der Waals surface area contributed by atoms with Crippen molar-refractivity contribution < 1.29 is 4.39 Å². The lowest BCUT2D eigenvalue weighted by Crippen LogP contribution is -2.40. The Labute approximate surface area is 122 Å². The van der Waals surface area contributed by atoms with Crippen LogP contribution in [0.25, 0.3) is 0 Å². The Morgan fingerprint density at radius 3 is 2.56 bits per heavy atom. The molecule has 1 aromatic rings. The molecule has 0 fully saturated rings. The Balaban J connectivity index is 2.64. The van der Waals surface area contributed by atoms with Crippen LogP contribution in [0.3, 0.4) is 0 Å². The van der Waals surface area contributed by atoms with Gasteiger partial charge in [-0.2, -0.15) is 0 Å². The van der Waals surface area contributed by atoms with Crippen LogP contribution in [-0.4, -0.2) is 11.9 Å². The smallest absolute Gasteiger partial charge is 0.137 e. The lowest BCUT2D eigenvalue weighted by atomic mass is 9.85. The van der Waals surface area contributed by atoms with Crippen LogP contribution in [0, 0.1) is 11.2 Å². The molecular weight excluding hydrogens is 317 g/mol. The van der Waals surface area contributed by atoms with Crippen molar-refractivity contribution in [2.24, 2.45) is 5.41 Å². The van der Waals surface area contributed by atoms with Crippen LogP contribution in [0.1, 0.15) is 32.8 Å². The van der Waals surface area contributed by atoms with Gasteiger partial charge in [0, 0.05) is 18.5 Å². The van der Waals surface area contributed by atoms with E-state index in [9.17, 15) is 4.39 Å². The molecule has 0 saturated carbocycles. The van der Waals surface area contributed by atoms with Crippen molar-refractivity contribution in [3.8, 4) is 0 Å². The van der Waals surface area contributed by atoms with Crippen molar-refractivity contribution in [1.29, 1.82) is 0 Å². The van der Waals surface area contributed by atoms with Crippen molar-refractivity contribution in [2.45, 2.75) is 39.8 Å². The van der Waals surface area contributed by atoms with Crippen LogP contribution in [0.4, 0.5) is 4.39 Å². The zero-order valence-electron chi connectivity index (χ0n) is 11.1. The van der Waals surface area contributed by atoms with E-state index >= 15 is 0 Å². The van der Waals surface area contributed by atoms with Crippen LogP contribution in [-0.2, 0) is 6.54 Å². The molecule has 0 aliphatic rings. The van der Waals surface area contributed by atoms with Gasteiger partial charge < -0.3 is 5.32 Å². The first-order valence-corrected chi connectivity index (χ1v) is 7.40. The first-order valence-electron chi connectivity index (χ1n) is 6.08. The van der Waals surface area contributed by atoms with Crippen LogP contribution in [0.2, 0.25) is 0 Å². The second-order valence-corrected chi connectivity index (χ2v) is 6.76. The van der Waals surface area contributed by atoms with Gasteiger partial charge in [0.15, 0.2) is 0 Å². The molecule has 1 N–H and O–H groups in total. The highest BCUT2D eigenvalue weighted by atomic mass is 79.9. The summed E-state index contributed by atoms with van der Waals surface area (Å²) in [5, 5.41) is 3.50. The standard InChI is InChI=1S/C14H20BrClFN/c1-14(2,3)13(6-7-16)18-9-10-4-5-12(17)11(15)8-10/h4-5,8,13,18H,6-7,9H2,1-3H3.